The number of carbonyl (C=O) groups excluding carboxylic acids is 1. The van der Waals surface area contributed by atoms with Crippen LogP contribution in [0.1, 0.15) is 11.8 Å². The number of nitrogens with one attached hydrogen (secondary N) is 1. The van der Waals surface area contributed by atoms with Crippen LogP contribution in [0.2, 0.25) is 0 Å². The molecule has 5 heteroatoms. The van der Waals surface area contributed by atoms with Gasteiger partial charge < -0.3 is 14.8 Å². The first-order valence-electron chi connectivity index (χ1n) is 6.92. The highest BCUT2D eigenvalue weighted by Crippen LogP contribution is 2.19. The molecule has 21 heavy (non-hydrogen) atoms. The van der Waals surface area contributed by atoms with Gasteiger partial charge in [0, 0.05) is 10.9 Å². The summed E-state index contributed by atoms with van der Waals surface area (Å²) in [5, 5.41) is 4.81. The summed E-state index contributed by atoms with van der Waals surface area (Å²) in [6.07, 6.45) is 0.428. The predicted molar refractivity (Wildman–Crippen MR) is 84.1 cm³/mol. The third-order valence-corrected chi connectivity index (χ3v) is 3.60. The van der Waals surface area contributed by atoms with Gasteiger partial charge in [-0.3, -0.25) is 4.79 Å². The van der Waals surface area contributed by atoms with Crippen LogP contribution in [-0.2, 0) is 11.2 Å². The molecule has 1 N–H and O–H groups in total. The van der Waals surface area contributed by atoms with E-state index in [9.17, 15) is 4.79 Å². The Morgan fingerprint density at radius 3 is 2.71 bits per heavy atom. The van der Waals surface area contributed by atoms with Crippen LogP contribution < -0.4 is 14.8 Å². The molecule has 0 fully saturated rings. The molecule has 0 aliphatic rings. The molecule has 4 nitrogen and oxygen atoms in total. The van der Waals surface area contributed by atoms with Crippen molar-refractivity contribution in [3.05, 3.63) is 46.7 Å². The van der Waals surface area contributed by atoms with Gasteiger partial charge in [0.2, 0.25) is 5.91 Å². The summed E-state index contributed by atoms with van der Waals surface area (Å²) in [6.45, 7) is 3.49. The standard InChI is InChI=1S/C16H19NO3S/c1-2-19-13-5-3-6-14(11-13)20-9-8-17-16(18)12-15-7-4-10-21-15/h3-7,10-11H,2,8-9,12H2,1H3,(H,17,18). The SMILES string of the molecule is CCOc1cccc(OCCNC(=O)Cc2cccs2)c1. The molecule has 0 radical (unpaired) electrons. The Hall–Kier alpha value is -2.01. The lowest BCUT2D eigenvalue weighted by Crippen LogP contribution is -2.29. The van der Waals surface area contributed by atoms with E-state index in [4.69, 9.17) is 9.47 Å². The number of hydrogen-bond acceptors (Lipinski definition) is 4. The van der Waals surface area contributed by atoms with E-state index in [0.29, 0.717) is 26.2 Å². The summed E-state index contributed by atoms with van der Waals surface area (Å²) >= 11 is 1.59. The summed E-state index contributed by atoms with van der Waals surface area (Å²) in [7, 11) is 0. The predicted octanol–water partition coefficient (Wildman–Crippen LogP) is 2.88. The lowest BCUT2D eigenvalue weighted by atomic mass is 10.3. The molecule has 0 unspecified atom stereocenters. The molecule has 1 aromatic carbocycles. The van der Waals surface area contributed by atoms with Crippen LogP contribution in [0.4, 0.5) is 0 Å². The second kappa shape index (κ2) is 8.32. The maximum absolute atomic E-state index is 11.7. The summed E-state index contributed by atoms with van der Waals surface area (Å²) in [5.41, 5.74) is 0. The minimum absolute atomic E-state index is 0.0177. The Balaban J connectivity index is 1.67. The van der Waals surface area contributed by atoms with E-state index in [2.05, 4.69) is 5.32 Å². The molecular weight excluding hydrogens is 286 g/mol. The topological polar surface area (TPSA) is 47.6 Å². The van der Waals surface area contributed by atoms with Gasteiger partial charge in [0.1, 0.15) is 18.1 Å². The van der Waals surface area contributed by atoms with Crippen molar-refractivity contribution in [2.45, 2.75) is 13.3 Å². The second-order valence-corrected chi connectivity index (χ2v) is 5.39. The maximum atomic E-state index is 11.7. The van der Waals surface area contributed by atoms with Gasteiger partial charge in [-0.05, 0) is 30.5 Å². The first kappa shape index (κ1) is 15.4. The van der Waals surface area contributed by atoms with Crippen molar-refractivity contribution in [1.29, 1.82) is 0 Å². The number of hydrogen-bond donors (Lipinski definition) is 1. The van der Waals surface area contributed by atoms with Gasteiger partial charge in [-0.1, -0.05) is 12.1 Å². The van der Waals surface area contributed by atoms with Crippen molar-refractivity contribution in [2.75, 3.05) is 19.8 Å². The largest absolute Gasteiger partial charge is 0.494 e. The van der Waals surface area contributed by atoms with Gasteiger partial charge in [0.25, 0.3) is 0 Å². The van der Waals surface area contributed by atoms with Crippen molar-refractivity contribution in [3.8, 4) is 11.5 Å². The van der Waals surface area contributed by atoms with Crippen molar-refractivity contribution < 1.29 is 14.3 Å². The number of ether oxygens (including phenoxy) is 2. The smallest absolute Gasteiger partial charge is 0.225 e. The van der Waals surface area contributed by atoms with Gasteiger partial charge >= 0.3 is 0 Å². The Labute approximate surface area is 128 Å². The van der Waals surface area contributed by atoms with E-state index in [1.54, 1.807) is 11.3 Å². The minimum atomic E-state index is 0.0177. The average molecular weight is 305 g/mol. The summed E-state index contributed by atoms with van der Waals surface area (Å²) in [5.74, 6) is 1.55. The Morgan fingerprint density at radius 2 is 2.00 bits per heavy atom. The van der Waals surface area contributed by atoms with Crippen molar-refractivity contribution >= 4 is 17.2 Å². The van der Waals surface area contributed by atoms with E-state index in [-0.39, 0.29) is 5.91 Å². The summed E-state index contributed by atoms with van der Waals surface area (Å²) in [4.78, 5) is 12.7. The highest BCUT2D eigenvalue weighted by Gasteiger charge is 2.03. The Morgan fingerprint density at radius 1 is 1.19 bits per heavy atom. The molecule has 1 amide bonds. The lowest BCUT2D eigenvalue weighted by molar-refractivity contribution is -0.120. The average Bonchev–Trinajstić information content (AvgIpc) is 2.97. The third kappa shape index (κ3) is 5.47. The Bertz CT molecular complexity index is 554. The number of carbonyl (C=O) groups is 1. The quantitative estimate of drug-likeness (QED) is 0.763. The molecule has 0 saturated carbocycles. The van der Waals surface area contributed by atoms with Crippen molar-refractivity contribution in [2.24, 2.45) is 0 Å². The van der Waals surface area contributed by atoms with E-state index >= 15 is 0 Å². The molecule has 0 spiro atoms. The van der Waals surface area contributed by atoms with E-state index < -0.39 is 0 Å². The van der Waals surface area contributed by atoms with Gasteiger partial charge in [0.05, 0.1) is 19.6 Å². The highest BCUT2D eigenvalue weighted by atomic mass is 32.1. The van der Waals surface area contributed by atoms with Gasteiger partial charge in [-0.25, -0.2) is 0 Å². The van der Waals surface area contributed by atoms with Crippen LogP contribution in [0, 0.1) is 0 Å². The highest BCUT2D eigenvalue weighted by molar-refractivity contribution is 7.10. The monoisotopic (exact) mass is 305 g/mol. The second-order valence-electron chi connectivity index (χ2n) is 4.36. The molecule has 2 aromatic rings. The van der Waals surface area contributed by atoms with Crippen LogP contribution in [0.15, 0.2) is 41.8 Å². The molecule has 1 aromatic heterocycles. The number of amides is 1. The van der Waals surface area contributed by atoms with E-state index in [1.807, 2.05) is 48.7 Å². The number of benzene rings is 1. The molecular formula is C16H19NO3S. The normalized spacial score (nSPS) is 10.1. The molecule has 0 bridgehead atoms. The summed E-state index contributed by atoms with van der Waals surface area (Å²) in [6, 6.07) is 11.4. The van der Waals surface area contributed by atoms with Gasteiger partial charge in [-0.15, -0.1) is 11.3 Å². The Kier molecular flexibility index (Phi) is 6.09. The van der Waals surface area contributed by atoms with Gasteiger partial charge in [0.15, 0.2) is 0 Å². The van der Waals surface area contributed by atoms with Crippen LogP contribution >= 0.6 is 11.3 Å². The zero-order valence-electron chi connectivity index (χ0n) is 12.0. The fraction of sp³-hybridized carbons (Fsp3) is 0.312. The molecule has 0 aliphatic carbocycles. The molecule has 0 atom stereocenters. The fourth-order valence-corrected chi connectivity index (χ4v) is 2.52. The van der Waals surface area contributed by atoms with E-state index in [0.717, 1.165) is 16.4 Å². The first-order valence-corrected chi connectivity index (χ1v) is 7.80. The van der Waals surface area contributed by atoms with Crippen LogP contribution in [0.3, 0.4) is 0 Å². The zero-order valence-corrected chi connectivity index (χ0v) is 12.8. The zero-order chi connectivity index (χ0) is 14.9. The molecule has 0 saturated heterocycles. The number of thiophene rings is 1. The molecule has 112 valence electrons. The molecule has 0 aliphatic heterocycles. The van der Waals surface area contributed by atoms with Crippen LogP contribution in [0.25, 0.3) is 0 Å². The van der Waals surface area contributed by atoms with Gasteiger partial charge in [-0.2, -0.15) is 0 Å². The van der Waals surface area contributed by atoms with Crippen LogP contribution in [0.5, 0.6) is 11.5 Å². The number of rotatable bonds is 8. The maximum Gasteiger partial charge on any atom is 0.225 e. The minimum Gasteiger partial charge on any atom is -0.494 e. The summed E-state index contributed by atoms with van der Waals surface area (Å²) < 4.78 is 11.0. The first-order chi connectivity index (χ1) is 10.3. The fourth-order valence-electron chi connectivity index (χ4n) is 1.81. The lowest BCUT2D eigenvalue weighted by Gasteiger charge is -2.09. The van der Waals surface area contributed by atoms with E-state index in [1.165, 1.54) is 0 Å². The molecule has 1 heterocycles. The van der Waals surface area contributed by atoms with Crippen molar-refractivity contribution in [1.82, 2.24) is 5.32 Å². The van der Waals surface area contributed by atoms with Crippen molar-refractivity contribution in [3.63, 3.8) is 0 Å². The molecule has 2 rings (SSSR count). The van der Waals surface area contributed by atoms with Crippen LogP contribution in [-0.4, -0.2) is 25.7 Å². The third-order valence-electron chi connectivity index (χ3n) is 2.72.